The van der Waals surface area contributed by atoms with Crippen LogP contribution in [0.25, 0.3) is 20.5 Å². The first-order valence-corrected chi connectivity index (χ1v) is 10.3. The van der Waals surface area contributed by atoms with Gasteiger partial charge in [0, 0.05) is 21.7 Å². The fourth-order valence-corrected chi connectivity index (χ4v) is 4.27. The number of rotatable bonds is 6. The van der Waals surface area contributed by atoms with Crippen molar-refractivity contribution in [1.82, 2.24) is 0 Å². The van der Waals surface area contributed by atoms with Crippen LogP contribution in [0.4, 0.5) is 30.7 Å². The van der Waals surface area contributed by atoms with Gasteiger partial charge >= 0.3 is 6.11 Å². The zero-order chi connectivity index (χ0) is 23.9. The van der Waals surface area contributed by atoms with Crippen molar-refractivity contribution in [2.24, 2.45) is 0 Å². The van der Waals surface area contributed by atoms with Gasteiger partial charge in [-0.2, -0.15) is 8.78 Å². The Morgan fingerprint density at radius 1 is 0.788 bits per heavy atom. The van der Waals surface area contributed by atoms with E-state index in [0.29, 0.717) is 29.4 Å². The topological polar surface area (TPSA) is 18.5 Å². The average Bonchev–Trinajstić information content (AvgIpc) is 3.14. The zero-order valence-corrected chi connectivity index (χ0v) is 17.5. The molecule has 4 rings (SSSR count). The van der Waals surface area contributed by atoms with Crippen LogP contribution in [0, 0.1) is 29.1 Å². The molecular weight excluding hydrogens is 473 g/mol. The number of hydrogen-bond donors (Lipinski definition) is 0. The van der Waals surface area contributed by atoms with Crippen molar-refractivity contribution in [1.29, 1.82) is 0 Å². The Hall–Kier alpha value is -3.27. The molecule has 0 saturated heterocycles. The van der Waals surface area contributed by atoms with Crippen molar-refractivity contribution in [3.63, 3.8) is 0 Å². The first-order valence-electron chi connectivity index (χ1n) is 9.46. The summed E-state index contributed by atoms with van der Waals surface area (Å²) in [5.41, 5.74) is -1.75. The van der Waals surface area contributed by atoms with Crippen LogP contribution in [-0.2, 0) is 6.11 Å². The van der Waals surface area contributed by atoms with Crippen LogP contribution < -0.4 is 9.47 Å². The van der Waals surface area contributed by atoms with Crippen molar-refractivity contribution in [3.05, 3.63) is 83.2 Å². The van der Waals surface area contributed by atoms with Gasteiger partial charge in [-0.3, -0.25) is 0 Å². The van der Waals surface area contributed by atoms with Crippen molar-refractivity contribution in [3.8, 4) is 21.9 Å². The Morgan fingerprint density at radius 3 is 2.03 bits per heavy atom. The molecule has 0 amide bonds. The van der Waals surface area contributed by atoms with E-state index in [1.165, 1.54) is 11.3 Å². The van der Waals surface area contributed by atoms with Crippen molar-refractivity contribution in [2.75, 3.05) is 6.61 Å². The first kappa shape index (κ1) is 22.9. The predicted molar refractivity (Wildman–Crippen MR) is 109 cm³/mol. The van der Waals surface area contributed by atoms with Gasteiger partial charge in [0.15, 0.2) is 17.5 Å². The molecule has 0 aliphatic rings. The molecule has 10 heteroatoms. The molecule has 1 aromatic heterocycles. The summed E-state index contributed by atoms with van der Waals surface area (Å²) in [6.07, 6.45) is -4.64. The third-order valence-electron chi connectivity index (χ3n) is 4.62. The molecule has 0 aliphatic carbocycles. The first-order chi connectivity index (χ1) is 15.6. The maximum atomic E-state index is 14.6. The van der Waals surface area contributed by atoms with Crippen molar-refractivity contribution in [2.45, 2.75) is 13.0 Å². The molecule has 172 valence electrons. The number of alkyl halides is 2. The highest BCUT2D eigenvalue weighted by Gasteiger charge is 2.41. The molecule has 4 aromatic rings. The minimum Gasteiger partial charge on any atom is -0.494 e. The largest absolute Gasteiger partial charge is 0.494 e. The zero-order valence-electron chi connectivity index (χ0n) is 16.7. The smallest absolute Gasteiger partial charge is 0.432 e. The van der Waals surface area contributed by atoms with Crippen molar-refractivity contribution < 1.29 is 40.2 Å². The lowest BCUT2D eigenvalue weighted by Crippen LogP contribution is -2.25. The summed E-state index contributed by atoms with van der Waals surface area (Å²) in [7, 11) is 0. The number of thiophene rings is 1. The summed E-state index contributed by atoms with van der Waals surface area (Å²) in [4.78, 5) is 0.412. The van der Waals surface area contributed by atoms with Gasteiger partial charge in [0.05, 0.1) is 6.61 Å². The molecule has 0 N–H and O–H groups in total. The maximum absolute atomic E-state index is 14.6. The van der Waals surface area contributed by atoms with Crippen LogP contribution in [0.3, 0.4) is 0 Å². The lowest BCUT2D eigenvalue weighted by atomic mass is 10.1. The van der Waals surface area contributed by atoms with Gasteiger partial charge in [0.2, 0.25) is 0 Å². The van der Waals surface area contributed by atoms with E-state index in [0.717, 1.165) is 10.1 Å². The molecule has 2 nitrogen and oxygen atoms in total. The summed E-state index contributed by atoms with van der Waals surface area (Å²) in [5.74, 6) is -9.30. The molecule has 0 radical (unpaired) electrons. The van der Waals surface area contributed by atoms with E-state index in [9.17, 15) is 30.7 Å². The predicted octanol–water partition coefficient (Wildman–Crippen LogP) is 7.79. The summed E-state index contributed by atoms with van der Waals surface area (Å²) >= 11 is 1.18. The molecule has 33 heavy (non-hydrogen) atoms. The second kappa shape index (κ2) is 8.58. The molecule has 1 heterocycles. The summed E-state index contributed by atoms with van der Waals surface area (Å²) in [6, 6.07) is 8.56. The molecular formula is C23H13F7O2S. The quantitative estimate of drug-likeness (QED) is 0.205. The Morgan fingerprint density at radius 2 is 1.42 bits per heavy atom. The van der Waals surface area contributed by atoms with Gasteiger partial charge in [-0.15, -0.1) is 11.3 Å². The van der Waals surface area contributed by atoms with Gasteiger partial charge in [0.25, 0.3) is 0 Å². The van der Waals surface area contributed by atoms with Gasteiger partial charge in [-0.05, 0) is 54.3 Å². The van der Waals surface area contributed by atoms with E-state index < -0.39 is 46.5 Å². The summed E-state index contributed by atoms with van der Waals surface area (Å²) < 4.78 is 108. The lowest BCUT2D eigenvalue weighted by molar-refractivity contribution is -0.189. The van der Waals surface area contributed by atoms with Crippen LogP contribution in [0.5, 0.6) is 11.5 Å². The molecule has 0 fully saturated rings. The minimum absolute atomic E-state index is 0.00239. The van der Waals surface area contributed by atoms with Gasteiger partial charge < -0.3 is 9.47 Å². The number of hydrogen-bond acceptors (Lipinski definition) is 3. The molecule has 0 spiro atoms. The monoisotopic (exact) mass is 486 g/mol. The average molecular weight is 486 g/mol. The molecule has 0 unspecified atom stereocenters. The standard InChI is InChI=1S/C23H13F7O2S/c1-2-31-13-4-3-11-7-19(33-20(11)10-13)12-5-15(24)21(16(25)6-12)23(29,30)32-14-8-17(26)22(28)18(27)9-14/h3-10H,2H2,1H3. The van der Waals surface area contributed by atoms with Crippen LogP contribution in [0.15, 0.2) is 48.5 Å². The third-order valence-corrected chi connectivity index (χ3v) is 5.77. The highest BCUT2D eigenvalue weighted by Crippen LogP contribution is 2.40. The van der Waals surface area contributed by atoms with Crippen LogP contribution >= 0.6 is 11.3 Å². The molecule has 0 aliphatic heterocycles. The van der Waals surface area contributed by atoms with E-state index in [1.54, 1.807) is 24.3 Å². The minimum atomic E-state index is -4.64. The van der Waals surface area contributed by atoms with Crippen LogP contribution in [0.2, 0.25) is 0 Å². The van der Waals surface area contributed by atoms with Gasteiger partial charge in [-0.1, -0.05) is 0 Å². The highest BCUT2D eigenvalue weighted by molar-refractivity contribution is 7.22. The Labute approximate surface area is 186 Å². The number of benzene rings is 3. The molecule has 0 saturated carbocycles. The van der Waals surface area contributed by atoms with E-state index in [-0.39, 0.29) is 17.7 Å². The Bertz CT molecular complexity index is 1300. The van der Waals surface area contributed by atoms with Crippen LogP contribution in [-0.4, -0.2) is 6.61 Å². The van der Waals surface area contributed by atoms with Crippen molar-refractivity contribution >= 4 is 21.4 Å². The van der Waals surface area contributed by atoms with E-state index >= 15 is 0 Å². The van der Waals surface area contributed by atoms with E-state index in [2.05, 4.69) is 4.74 Å². The SMILES string of the molecule is CCOc1ccc2cc(-c3cc(F)c(C(F)(F)Oc4cc(F)c(F)c(F)c4)c(F)c3)sc2c1. The highest BCUT2D eigenvalue weighted by atomic mass is 32.1. The third kappa shape index (κ3) is 4.47. The van der Waals surface area contributed by atoms with Crippen LogP contribution in [0.1, 0.15) is 12.5 Å². The molecule has 3 aromatic carbocycles. The molecule has 0 atom stereocenters. The normalized spacial score (nSPS) is 11.8. The number of halogens is 7. The second-order valence-electron chi connectivity index (χ2n) is 6.88. The fraction of sp³-hybridized carbons (Fsp3) is 0.130. The van der Waals surface area contributed by atoms with Gasteiger partial charge in [-0.25, -0.2) is 22.0 Å². The fourth-order valence-electron chi connectivity index (χ4n) is 3.19. The Kier molecular flexibility index (Phi) is 5.96. The van der Waals surface area contributed by atoms with E-state index in [4.69, 9.17) is 4.74 Å². The molecule has 0 bridgehead atoms. The lowest BCUT2D eigenvalue weighted by Gasteiger charge is -2.20. The summed E-state index contributed by atoms with van der Waals surface area (Å²) in [5, 5.41) is 0.761. The number of ether oxygens (including phenoxy) is 2. The Balaban J connectivity index is 1.69. The maximum Gasteiger partial charge on any atom is 0.432 e. The number of fused-ring (bicyclic) bond motifs is 1. The van der Waals surface area contributed by atoms with Gasteiger partial charge in [0.1, 0.15) is 28.7 Å². The second-order valence-corrected chi connectivity index (χ2v) is 7.96. The van der Waals surface area contributed by atoms with E-state index in [1.807, 2.05) is 6.92 Å². The summed E-state index contributed by atoms with van der Waals surface area (Å²) in [6.45, 7) is 2.27.